The Hall–Kier alpha value is -2.35. The molecule has 0 aliphatic rings. The van der Waals surface area contributed by atoms with Gasteiger partial charge in [-0.25, -0.2) is 22.9 Å². The Kier molecular flexibility index (Phi) is 5.46. The van der Waals surface area contributed by atoms with E-state index in [9.17, 15) is 13.8 Å². The van der Waals surface area contributed by atoms with Gasteiger partial charge in [-0.05, 0) is 65.8 Å². The normalized spacial score (nSPS) is 12.3. The first-order valence-corrected chi connectivity index (χ1v) is 9.27. The van der Waals surface area contributed by atoms with Crippen molar-refractivity contribution in [3.63, 3.8) is 0 Å². The van der Waals surface area contributed by atoms with Gasteiger partial charge in [0.1, 0.15) is 32.1 Å². The van der Waals surface area contributed by atoms with E-state index in [0.29, 0.717) is 0 Å². The second-order valence-corrected chi connectivity index (χ2v) is 9.04. The lowest BCUT2D eigenvalue weighted by Crippen LogP contribution is -2.29. The molecule has 0 aromatic carbocycles. The van der Waals surface area contributed by atoms with E-state index in [2.05, 4.69) is 0 Å². The fourth-order valence-electron chi connectivity index (χ4n) is 2.06. The second-order valence-electron chi connectivity index (χ2n) is 7.66. The first-order chi connectivity index (χ1) is 11.9. The lowest BCUT2D eigenvalue weighted by atomic mass is 10.2. The minimum atomic E-state index is -1.78. The largest absolute Gasteiger partial charge is 0.443 e. The van der Waals surface area contributed by atoms with Crippen LogP contribution in [0, 0.1) is 0 Å². The van der Waals surface area contributed by atoms with E-state index in [1.807, 2.05) is 0 Å². The molecule has 0 bridgehead atoms. The molecule has 0 atom stereocenters. The molecule has 0 saturated carbocycles. The first-order valence-electron chi connectivity index (χ1n) is 8.12. The Morgan fingerprint density at radius 1 is 0.808 bits per heavy atom. The molecule has 2 heterocycles. The molecule has 0 saturated heterocycles. The zero-order chi connectivity index (χ0) is 19.7. The highest BCUT2D eigenvalue weighted by Gasteiger charge is 2.26. The van der Waals surface area contributed by atoms with Crippen molar-refractivity contribution in [2.45, 2.75) is 62.8 Å². The third-order valence-corrected chi connectivity index (χ3v) is 4.41. The van der Waals surface area contributed by atoms with Crippen molar-refractivity contribution in [2.75, 3.05) is 0 Å². The molecule has 0 radical (unpaired) electrons. The van der Waals surface area contributed by atoms with E-state index >= 15 is 0 Å². The number of hydrogen-bond donors (Lipinski definition) is 0. The van der Waals surface area contributed by atoms with Gasteiger partial charge in [0.15, 0.2) is 0 Å². The highest BCUT2D eigenvalue weighted by Crippen LogP contribution is 2.21. The summed E-state index contributed by atoms with van der Waals surface area (Å²) in [6, 6.07) is 6.29. The molecule has 8 heteroatoms. The Bertz CT molecular complexity index is 768. The van der Waals surface area contributed by atoms with Gasteiger partial charge in [0.2, 0.25) is 0 Å². The quantitative estimate of drug-likeness (QED) is 0.786. The summed E-state index contributed by atoms with van der Waals surface area (Å²) in [6.45, 7) is 10.5. The van der Waals surface area contributed by atoms with Gasteiger partial charge in [0, 0.05) is 12.4 Å². The lowest BCUT2D eigenvalue weighted by molar-refractivity contribution is 0.0516. The molecule has 2 rings (SSSR count). The average molecular weight is 380 g/mol. The summed E-state index contributed by atoms with van der Waals surface area (Å²) in [4.78, 5) is 24.7. The molecule has 7 nitrogen and oxygen atoms in total. The molecule has 2 aromatic rings. The van der Waals surface area contributed by atoms with Crippen LogP contribution in [0.5, 0.6) is 0 Å². The average Bonchev–Trinajstić information content (AvgIpc) is 3.12. The predicted molar refractivity (Wildman–Crippen MR) is 96.8 cm³/mol. The number of ether oxygens (including phenoxy) is 2. The van der Waals surface area contributed by atoms with Crippen molar-refractivity contribution in [2.24, 2.45) is 0 Å². The molecule has 0 aliphatic carbocycles. The van der Waals surface area contributed by atoms with Crippen LogP contribution in [-0.4, -0.2) is 36.7 Å². The van der Waals surface area contributed by atoms with E-state index < -0.39 is 34.2 Å². The van der Waals surface area contributed by atoms with Crippen LogP contribution in [0.15, 0.2) is 46.7 Å². The summed E-state index contributed by atoms with van der Waals surface area (Å²) in [5.41, 5.74) is -1.37. The van der Waals surface area contributed by atoms with Gasteiger partial charge in [-0.1, -0.05) is 0 Å². The fraction of sp³-hybridized carbons (Fsp3) is 0.444. The summed E-state index contributed by atoms with van der Waals surface area (Å²) >= 11 is 0. The molecular formula is C18H24N2O5S. The molecule has 0 unspecified atom stereocenters. The van der Waals surface area contributed by atoms with Gasteiger partial charge in [0.05, 0.1) is 0 Å². The van der Waals surface area contributed by atoms with Crippen LogP contribution in [0.4, 0.5) is 9.59 Å². The number of hydrogen-bond acceptors (Lipinski definition) is 5. The highest BCUT2D eigenvalue weighted by molar-refractivity contribution is 7.85. The summed E-state index contributed by atoms with van der Waals surface area (Å²) in [5, 5.41) is 0.422. The van der Waals surface area contributed by atoms with Crippen LogP contribution in [0.2, 0.25) is 0 Å². The zero-order valence-electron chi connectivity index (χ0n) is 15.8. The van der Waals surface area contributed by atoms with Gasteiger partial charge in [-0.3, -0.25) is 0 Å². The minimum Gasteiger partial charge on any atom is -0.443 e. The minimum absolute atomic E-state index is 0.211. The Balaban J connectivity index is 2.33. The van der Waals surface area contributed by atoms with Crippen molar-refractivity contribution in [3.8, 4) is 0 Å². The molecule has 2 aromatic heterocycles. The van der Waals surface area contributed by atoms with Crippen molar-refractivity contribution in [3.05, 3.63) is 36.7 Å². The third-order valence-electron chi connectivity index (χ3n) is 2.98. The smallest absolute Gasteiger partial charge is 0.419 e. The van der Waals surface area contributed by atoms with Crippen LogP contribution in [0.3, 0.4) is 0 Å². The number of nitrogens with zero attached hydrogens (tertiary/aromatic N) is 2. The van der Waals surface area contributed by atoms with E-state index in [4.69, 9.17) is 9.47 Å². The Morgan fingerprint density at radius 2 is 1.15 bits per heavy atom. The van der Waals surface area contributed by atoms with Crippen LogP contribution in [0.25, 0.3) is 0 Å². The van der Waals surface area contributed by atoms with Crippen LogP contribution >= 0.6 is 0 Å². The molecule has 0 spiro atoms. The van der Waals surface area contributed by atoms with Gasteiger partial charge in [-0.2, -0.15) is 0 Å². The zero-order valence-corrected chi connectivity index (χ0v) is 16.6. The molecule has 0 fully saturated rings. The van der Waals surface area contributed by atoms with Crippen molar-refractivity contribution < 1.29 is 23.3 Å². The Labute approximate surface area is 155 Å². The Morgan fingerprint density at radius 3 is 1.46 bits per heavy atom. The predicted octanol–water partition coefficient (Wildman–Crippen LogP) is 4.02. The van der Waals surface area contributed by atoms with Gasteiger partial charge in [0.25, 0.3) is 0 Å². The maximum absolute atomic E-state index is 13.0. The maximum Gasteiger partial charge on any atom is 0.419 e. The van der Waals surface area contributed by atoms with E-state index in [-0.39, 0.29) is 10.1 Å². The summed E-state index contributed by atoms with van der Waals surface area (Å²) in [5.74, 6) is 0. The van der Waals surface area contributed by atoms with Crippen LogP contribution < -0.4 is 0 Å². The number of aromatic nitrogens is 2. The van der Waals surface area contributed by atoms with Crippen LogP contribution in [-0.2, 0) is 20.3 Å². The summed E-state index contributed by atoms with van der Waals surface area (Å²) in [7, 11) is -1.78. The highest BCUT2D eigenvalue weighted by atomic mass is 32.2. The molecule has 26 heavy (non-hydrogen) atoms. The number of carbonyl (C=O) groups excluding carboxylic acids is 2. The first kappa shape index (κ1) is 20.0. The van der Waals surface area contributed by atoms with Crippen molar-refractivity contribution in [1.29, 1.82) is 0 Å². The topological polar surface area (TPSA) is 79.5 Å². The van der Waals surface area contributed by atoms with Gasteiger partial charge >= 0.3 is 12.2 Å². The summed E-state index contributed by atoms with van der Waals surface area (Å²) in [6.07, 6.45) is 1.67. The fourth-order valence-corrected chi connectivity index (χ4v) is 3.31. The van der Waals surface area contributed by atoms with E-state index in [1.54, 1.807) is 65.8 Å². The molecule has 0 amide bonds. The maximum atomic E-state index is 13.0. The van der Waals surface area contributed by atoms with Crippen LogP contribution in [0.1, 0.15) is 41.5 Å². The number of rotatable bonds is 2. The number of carbonyl (C=O) groups is 2. The van der Waals surface area contributed by atoms with Gasteiger partial charge in [-0.15, -0.1) is 0 Å². The molecule has 0 N–H and O–H groups in total. The SMILES string of the molecule is CC(C)(C)OC(=O)n1cccc1S(=O)c1cccn1C(=O)OC(C)(C)C. The monoisotopic (exact) mass is 380 g/mol. The standard InChI is InChI=1S/C18H24N2O5S/c1-17(2,3)24-15(21)19-11-7-9-13(19)26(23)14-10-8-12-20(14)16(22)25-18(4,5)6/h7-12H,1-6H3. The summed E-state index contributed by atoms with van der Waals surface area (Å²) < 4.78 is 26.0. The third kappa shape index (κ3) is 4.85. The van der Waals surface area contributed by atoms with E-state index in [0.717, 1.165) is 0 Å². The second kappa shape index (κ2) is 7.11. The molecule has 142 valence electrons. The van der Waals surface area contributed by atoms with Gasteiger partial charge < -0.3 is 9.47 Å². The van der Waals surface area contributed by atoms with Crippen molar-refractivity contribution >= 4 is 23.0 Å². The van der Waals surface area contributed by atoms with E-state index in [1.165, 1.54) is 21.5 Å². The molecule has 0 aliphatic heterocycles. The lowest BCUT2D eigenvalue weighted by Gasteiger charge is -2.21. The molecular weight excluding hydrogens is 356 g/mol. The van der Waals surface area contributed by atoms with Crippen molar-refractivity contribution in [1.82, 2.24) is 9.13 Å².